The molecule has 3 heteroatoms. The lowest BCUT2D eigenvalue weighted by Gasteiger charge is -2.18. The molecule has 1 heterocycles. The highest BCUT2D eigenvalue weighted by Gasteiger charge is 2.27. The maximum Gasteiger partial charge on any atom is 0.126 e. The van der Waals surface area contributed by atoms with Crippen LogP contribution in [0.3, 0.4) is 0 Å². The molecule has 0 bridgehead atoms. The molecule has 1 saturated carbocycles. The van der Waals surface area contributed by atoms with Crippen LogP contribution in [-0.4, -0.2) is 12.6 Å². The molecule has 2 nitrogen and oxygen atoms in total. The van der Waals surface area contributed by atoms with Crippen LogP contribution in [0.25, 0.3) is 0 Å². The van der Waals surface area contributed by atoms with Crippen LogP contribution in [0, 0.1) is 5.82 Å². The summed E-state index contributed by atoms with van der Waals surface area (Å²) in [5.74, 6) is 0.501. The summed E-state index contributed by atoms with van der Waals surface area (Å²) in [6.07, 6.45) is 4.65. The number of fused-ring (bicyclic) bond motifs is 1. The molecule has 1 unspecified atom stereocenters. The van der Waals surface area contributed by atoms with E-state index in [1.165, 1.54) is 25.0 Å². The van der Waals surface area contributed by atoms with Crippen molar-refractivity contribution in [3.8, 4) is 5.75 Å². The fraction of sp³-hybridized carbons (Fsp3) is 0.538. The lowest BCUT2D eigenvalue weighted by Crippen LogP contribution is -2.23. The van der Waals surface area contributed by atoms with E-state index in [4.69, 9.17) is 4.74 Å². The van der Waals surface area contributed by atoms with Crippen molar-refractivity contribution >= 4 is 0 Å². The van der Waals surface area contributed by atoms with E-state index in [-0.39, 0.29) is 5.82 Å². The Bertz CT molecular complexity index is 390. The number of hydrogen-bond donors (Lipinski definition) is 1. The highest BCUT2D eigenvalue weighted by molar-refractivity contribution is 5.37. The Balaban J connectivity index is 1.89. The smallest absolute Gasteiger partial charge is 0.126 e. The second-order valence-electron chi connectivity index (χ2n) is 4.67. The molecular weight excluding hydrogens is 205 g/mol. The highest BCUT2D eigenvalue weighted by atomic mass is 19.1. The van der Waals surface area contributed by atoms with Crippen molar-refractivity contribution in [1.82, 2.24) is 5.32 Å². The lowest BCUT2D eigenvalue weighted by molar-refractivity contribution is 0.313. The first kappa shape index (κ1) is 10.1. The van der Waals surface area contributed by atoms with Crippen LogP contribution in [0.5, 0.6) is 5.75 Å². The zero-order chi connectivity index (χ0) is 11.0. The molecule has 0 spiro atoms. The first-order valence-electron chi connectivity index (χ1n) is 6.01. The molecule has 3 rings (SSSR count). The van der Waals surface area contributed by atoms with Gasteiger partial charge in [-0.15, -0.1) is 0 Å². The second kappa shape index (κ2) is 4.06. The normalized spacial score (nSPS) is 24.4. The van der Waals surface area contributed by atoms with Gasteiger partial charge in [-0.3, -0.25) is 0 Å². The Kier molecular flexibility index (Phi) is 2.56. The molecule has 1 N–H and O–H groups in total. The van der Waals surface area contributed by atoms with E-state index in [0.717, 1.165) is 24.2 Å². The summed E-state index contributed by atoms with van der Waals surface area (Å²) >= 11 is 0. The predicted molar refractivity (Wildman–Crippen MR) is 60.0 cm³/mol. The van der Waals surface area contributed by atoms with Gasteiger partial charge in [0.05, 0.1) is 6.61 Å². The van der Waals surface area contributed by atoms with Crippen molar-refractivity contribution < 1.29 is 9.13 Å². The summed E-state index contributed by atoms with van der Waals surface area (Å²) < 4.78 is 18.7. The summed E-state index contributed by atoms with van der Waals surface area (Å²) in [4.78, 5) is 0. The summed E-state index contributed by atoms with van der Waals surface area (Å²) in [7, 11) is 0. The topological polar surface area (TPSA) is 21.3 Å². The molecule has 2 aliphatic rings. The van der Waals surface area contributed by atoms with Crippen molar-refractivity contribution in [3.05, 3.63) is 29.6 Å². The Morgan fingerprint density at radius 2 is 2.12 bits per heavy atom. The standard InChI is InChI=1S/C13H16FNO/c14-9-3-6-11-12(15-10-4-5-10)2-1-7-16-13(11)8-9/h3,6,8,10,12,15H,1-2,4-5,7H2. The van der Waals surface area contributed by atoms with Crippen LogP contribution in [0.4, 0.5) is 4.39 Å². The van der Waals surface area contributed by atoms with Gasteiger partial charge in [-0.25, -0.2) is 4.39 Å². The third kappa shape index (κ3) is 2.05. The van der Waals surface area contributed by atoms with E-state index in [2.05, 4.69) is 5.32 Å². The Hall–Kier alpha value is -1.09. The molecule has 86 valence electrons. The van der Waals surface area contributed by atoms with Gasteiger partial charge in [0.1, 0.15) is 11.6 Å². The van der Waals surface area contributed by atoms with Gasteiger partial charge in [0.25, 0.3) is 0 Å². The average molecular weight is 221 g/mol. The lowest BCUT2D eigenvalue weighted by atomic mass is 10.0. The quantitative estimate of drug-likeness (QED) is 0.829. The van der Waals surface area contributed by atoms with E-state index >= 15 is 0 Å². The molecule has 0 radical (unpaired) electrons. The van der Waals surface area contributed by atoms with Crippen LogP contribution >= 0.6 is 0 Å². The van der Waals surface area contributed by atoms with Gasteiger partial charge in [0.2, 0.25) is 0 Å². The van der Waals surface area contributed by atoms with E-state index in [9.17, 15) is 4.39 Å². The number of ether oxygens (including phenoxy) is 1. The van der Waals surface area contributed by atoms with Gasteiger partial charge in [0.15, 0.2) is 0 Å². The Morgan fingerprint density at radius 1 is 1.25 bits per heavy atom. The van der Waals surface area contributed by atoms with E-state index < -0.39 is 0 Å². The SMILES string of the molecule is Fc1ccc2c(c1)OCCCC2NC1CC1. The molecule has 1 aliphatic heterocycles. The van der Waals surface area contributed by atoms with Crippen LogP contribution in [-0.2, 0) is 0 Å². The number of rotatable bonds is 2. The molecular formula is C13H16FNO. The molecule has 1 aromatic carbocycles. The minimum atomic E-state index is -0.217. The Morgan fingerprint density at radius 3 is 2.94 bits per heavy atom. The summed E-state index contributed by atoms with van der Waals surface area (Å²) in [6.45, 7) is 0.694. The fourth-order valence-corrected chi connectivity index (χ4v) is 2.25. The summed E-state index contributed by atoms with van der Waals surface area (Å²) in [5.41, 5.74) is 1.12. The molecule has 16 heavy (non-hydrogen) atoms. The van der Waals surface area contributed by atoms with Crippen LogP contribution < -0.4 is 10.1 Å². The fourth-order valence-electron chi connectivity index (χ4n) is 2.25. The first-order chi connectivity index (χ1) is 7.83. The maximum atomic E-state index is 13.1. The molecule has 1 aliphatic carbocycles. The third-order valence-corrected chi connectivity index (χ3v) is 3.26. The van der Waals surface area contributed by atoms with E-state index in [1.54, 1.807) is 0 Å². The number of hydrogen-bond acceptors (Lipinski definition) is 2. The van der Waals surface area contributed by atoms with Crippen LogP contribution in [0.2, 0.25) is 0 Å². The van der Waals surface area contributed by atoms with Gasteiger partial charge < -0.3 is 10.1 Å². The average Bonchev–Trinajstić information content (AvgIpc) is 3.07. The van der Waals surface area contributed by atoms with E-state index in [1.807, 2.05) is 6.07 Å². The van der Waals surface area contributed by atoms with Crippen molar-refractivity contribution in [1.29, 1.82) is 0 Å². The second-order valence-corrected chi connectivity index (χ2v) is 4.67. The molecule has 0 aromatic heterocycles. The molecule has 0 saturated heterocycles. The minimum Gasteiger partial charge on any atom is -0.493 e. The number of halogens is 1. The van der Waals surface area contributed by atoms with E-state index in [0.29, 0.717) is 18.7 Å². The largest absolute Gasteiger partial charge is 0.493 e. The van der Waals surface area contributed by atoms with Gasteiger partial charge in [-0.2, -0.15) is 0 Å². The number of benzene rings is 1. The molecule has 1 aromatic rings. The predicted octanol–water partition coefficient (Wildman–Crippen LogP) is 2.79. The van der Waals surface area contributed by atoms with Crippen molar-refractivity contribution in [2.24, 2.45) is 0 Å². The van der Waals surface area contributed by atoms with Gasteiger partial charge in [0, 0.05) is 23.7 Å². The zero-order valence-electron chi connectivity index (χ0n) is 9.21. The van der Waals surface area contributed by atoms with Crippen molar-refractivity contribution in [3.63, 3.8) is 0 Å². The van der Waals surface area contributed by atoms with Crippen LogP contribution in [0.15, 0.2) is 18.2 Å². The first-order valence-corrected chi connectivity index (χ1v) is 6.01. The summed E-state index contributed by atoms with van der Waals surface area (Å²) in [6, 6.07) is 5.89. The highest BCUT2D eigenvalue weighted by Crippen LogP contribution is 2.34. The van der Waals surface area contributed by atoms with Crippen molar-refractivity contribution in [2.75, 3.05) is 6.61 Å². The molecule has 0 amide bonds. The number of nitrogens with one attached hydrogen (secondary N) is 1. The molecule has 1 fully saturated rings. The van der Waals surface area contributed by atoms with Gasteiger partial charge >= 0.3 is 0 Å². The summed E-state index contributed by atoms with van der Waals surface area (Å²) in [5, 5.41) is 3.61. The Labute approximate surface area is 94.8 Å². The van der Waals surface area contributed by atoms with Gasteiger partial charge in [-0.1, -0.05) is 6.07 Å². The van der Waals surface area contributed by atoms with Crippen LogP contribution in [0.1, 0.15) is 37.3 Å². The monoisotopic (exact) mass is 221 g/mol. The van der Waals surface area contributed by atoms with Crippen molar-refractivity contribution in [2.45, 2.75) is 37.8 Å². The minimum absolute atomic E-state index is 0.217. The maximum absolute atomic E-state index is 13.1. The molecule has 1 atom stereocenters. The third-order valence-electron chi connectivity index (χ3n) is 3.26. The van der Waals surface area contributed by atoms with Gasteiger partial charge in [-0.05, 0) is 31.7 Å². The zero-order valence-corrected chi connectivity index (χ0v) is 9.21.